The van der Waals surface area contributed by atoms with Gasteiger partial charge in [0.1, 0.15) is 0 Å². The van der Waals surface area contributed by atoms with Crippen molar-refractivity contribution in [3.05, 3.63) is 47.0 Å². The smallest absolute Gasteiger partial charge is 0.0241 e. The molecule has 0 spiro atoms. The van der Waals surface area contributed by atoms with Crippen LogP contribution in [0.3, 0.4) is 0 Å². The Morgan fingerprint density at radius 1 is 1.13 bits per heavy atom. The van der Waals surface area contributed by atoms with E-state index in [1.165, 1.54) is 22.3 Å². The minimum Gasteiger partial charge on any atom is -0.0996 e. The predicted octanol–water partition coefficient (Wildman–Crippen LogP) is 4.45. The van der Waals surface area contributed by atoms with E-state index in [1.807, 2.05) is 0 Å². The third-order valence-electron chi connectivity index (χ3n) is 2.83. The van der Waals surface area contributed by atoms with Gasteiger partial charge in [0.05, 0.1) is 0 Å². The maximum absolute atomic E-state index is 4.11. The van der Waals surface area contributed by atoms with E-state index >= 15 is 0 Å². The van der Waals surface area contributed by atoms with Crippen LogP contribution in [-0.4, -0.2) is 0 Å². The van der Waals surface area contributed by atoms with Crippen LogP contribution in [0.25, 0.3) is 0 Å². The Bertz CT molecular complexity index is 325. The van der Waals surface area contributed by atoms with Crippen molar-refractivity contribution in [1.82, 2.24) is 0 Å². The second-order valence-electron chi connectivity index (χ2n) is 4.81. The van der Waals surface area contributed by atoms with Crippen molar-refractivity contribution in [3.63, 3.8) is 0 Å². The zero-order valence-corrected chi connectivity index (χ0v) is 10.4. The van der Waals surface area contributed by atoms with Gasteiger partial charge < -0.3 is 0 Å². The number of rotatable bonds is 4. The van der Waals surface area contributed by atoms with Gasteiger partial charge >= 0.3 is 0 Å². The third kappa shape index (κ3) is 3.91. The first-order valence-corrected chi connectivity index (χ1v) is 5.74. The number of hydrogen-bond acceptors (Lipinski definition) is 0. The van der Waals surface area contributed by atoms with Crippen molar-refractivity contribution in [2.45, 2.75) is 40.5 Å². The fraction of sp³-hybridized carbons (Fsp3) is 0.467. The van der Waals surface area contributed by atoms with Crippen molar-refractivity contribution < 1.29 is 0 Å². The van der Waals surface area contributed by atoms with Gasteiger partial charge in [-0.15, -0.1) is 0 Å². The van der Waals surface area contributed by atoms with Crippen molar-refractivity contribution >= 4 is 0 Å². The first-order chi connectivity index (χ1) is 6.99. The molecule has 0 aliphatic rings. The molecule has 0 heteroatoms. The van der Waals surface area contributed by atoms with Crippen molar-refractivity contribution in [3.8, 4) is 0 Å². The van der Waals surface area contributed by atoms with E-state index in [0.717, 1.165) is 12.8 Å². The Morgan fingerprint density at radius 3 is 2.13 bits per heavy atom. The fourth-order valence-corrected chi connectivity index (χ4v) is 1.81. The SMILES string of the molecule is C=C(CCc1cc(C)cc(C)c1)C(C)C. The van der Waals surface area contributed by atoms with Crippen LogP contribution in [0, 0.1) is 19.8 Å². The van der Waals surface area contributed by atoms with E-state index in [1.54, 1.807) is 0 Å². The number of allylic oxidation sites excluding steroid dienone is 1. The van der Waals surface area contributed by atoms with Gasteiger partial charge in [0, 0.05) is 0 Å². The second-order valence-corrected chi connectivity index (χ2v) is 4.81. The Balaban J connectivity index is 2.61. The molecule has 0 bridgehead atoms. The lowest BCUT2D eigenvalue weighted by Crippen LogP contribution is -1.95. The van der Waals surface area contributed by atoms with E-state index in [9.17, 15) is 0 Å². The summed E-state index contributed by atoms with van der Waals surface area (Å²) in [5.41, 5.74) is 5.52. The van der Waals surface area contributed by atoms with E-state index in [-0.39, 0.29) is 0 Å². The van der Waals surface area contributed by atoms with E-state index < -0.39 is 0 Å². The predicted molar refractivity (Wildman–Crippen MR) is 68.2 cm³/mol. The van der Waals surface area contributed by atoms with Crippen LogP contribution in [-0.2, 0) is 6.42 Å². The molecule has 0 saturated heterocycles. The van der Waals surface area contributed by atoms with Gasteiger partial charge in [-0.1, -0.05) is 55.3 Å². The molecule has 0 amide bonds. The summed E-state index contributed by atoms with van der Waals surface area (Å²) in [7, 11) is 0. The van der Waals surface area contributed by atoms with Crippen molar-refractivity contribution in [2.24, 2.45) is 5.92 Å². The van der Waals surface area contributed by atoms with E-state index in [0.29, 0.717) is 5.92 Å². The van der Waals surface area contributed by atoms with Gasteiger partial charge in [0.2, 0.25) is 0 Å². The lowest BCUT2D eigenvalue weighted by Gasteiger charge is -2.10. The molecule has 0 heterocycles. The van der Waals surface area contributed by atoms with Gasteiger partial charge in [-0.3, -0.25) is 0 Å². The lowest BCUT2D eigenvalue weighted by atomic mass is 9.96. The van der Waals surface area contributed by atoms with Crippen LogP contribution in [0.1, 0.15) is 37.0 Å². The Kier molecular flexibility index (Phi) is 4.14. The molecule has 0 aromatic heterocycles. The molecule has 0 atom stereocenters. The molecule has 1 rings (SSSR count). The highest BCUT2D eigenvalue weighted by Crippen LogP contribution is 2.16. The molecule has 0 fully saturated rings. The molecule has 0 nitrogen and oxygen atoms in total. The number of hydrogen-bond donors (Lipinski definition) is 0. The average molecular weight is 202 g/mol. The van der Waals surface area contributed by atoms with Crippen LogP contribution in [0.5, 0.6) is 0 Å². The molecule has 0 aliphatic carbocycles. The first-order valence-electron chi connectivity index (χ1n) is 5.74. The second kappa shape index (κ2) is 5.16. The summed E-state index contributed by atoms with van der Waals surface area (Å²) in [4.78, 5) is 0. The lowest BCUT2D eigenvalue weighted by molar-refractivity contribution is 0.713. The fourth-order valence-electron chi connectivity index (χ4n) is 1.81. The van der Waals surface area contributed by atoms with Crippen molar-refractivity contribution in [2.75, 3.05) is 0 Å². The van der Waals surface area contributed by atoms with Gasteiger partial charge in [0.15, 0.2) is 0 Å². The summed E-state index contributed by atoms with van der Waals surface area (Å²) in [5.74, 6) is 0.607. The highest BCUT2D eigenvalue weighted by atomic mass is 14.1. The van der Waals surface area contributed by atoms with Crippen LogP contribution in [0.15, 0.2) is 30.4 Å². The molecule has 0 aliphatic heterocycles. The zero-order valence-electron chi connectivity index (χ0n) is 10.4. The summed E-state index contributed by atoms with van der Waals surface area (Å²) >= 11 is 0. The van der Waals surface area contributed by atoms with Crippen LogP contribution in [0.4, 0.5) is 0 Å². The Morgan fingerprint density at radius 2 is 1.67 bits per heavy atom. The highest BCUT2D eigenvalue weighted by Gasteiger charge is 2.01. The topological polar surface area (TPSA) is 0 Å². The highest BCUT2D eigenvalue weighted by molar-refractivity contribution is 5.29. The molecule has 1 aromatic carbocycles. The molecule has 0 saturated carbocycles. The van der Waals surface area contributed by atoms with Gasteiger partial charge in [-0.05, 0) is 38.2 Å². The molecule has 15 heavy (non-hydrogen) atoms. The van der Waals surface area contributed by atoms with Gasteiger partial charge in [0.25, 0.3) is 0 Å². The Hall–Kier alpha value is -1.04. The summed E-state index contributed by atoms with van der Waals surface area (Å²) in [6, 6.07) is 6.78. The molecule has 0 unspecified atom stereocenters. The van der Waals surface area contributed by atoms with Crippen LogP contribution in [0.2, 0.25) is 0 Å². The first kappa shape index (κ1) is 12.0. The number of benzene rings is 1. The minimum atomic E-state index is 0.607. The maximum atomic E-state index is 4.11. The molecule has 0 N–H and O–H groups in total. The summed E-state index contributed by atoms with van der Waals surface area (Å²) in [6.45, 7) is 12.9. The molecule has 82 valence electrons. The quantitative estimate of drug-likeness (QED) is 0.633. The Labute approximate surface area is 94.0 Å². The largest absolute Gasteiger partial charge is 0.0996 e. The summed E-state index contributed by atoms with van der Waals surface area (Å²) in [6.07, 6.45) is 2.24. The standard InChI is InChI=1S/C15H22/c1-11(2)14(5)6-7-15-9-12(3)8-13(4)10-15/h8-11H,5-7H2,1-4H3. The van der Waals surface area contributed by atoms with E-state index in [4.69, 9.17) is 0 Å². The number of aryl methyl sites for hydroxylation is 3. The van der Waals surface area contributed by atoms with Crippen LogP contribution < -0.4 is 0 Å². The minimum absolute atomic E-state index is 0.607. The van der Waals surface area contributed by atoms with E-state index in [2.05, 4.69) is 52.5 Å². The molecule has 1 aromatic rings. The molecule has 0 radical (unpaired) electrons. The molecular formula is C15H22. The van der Waals surface area contributed by atoms with Crippen LogP contribution >= 0.6 is 0 Å². The average Bonchev–Trinajstić information content (AvgIpc) is 2.12. The maximum Gasteiger partial charge on any atom is -0.0241 e. The monoisotopic (exact) mass is 202 g/mol. The molecular weight excluding hydrogens is 180 g/mol. The van der Waals surface area contributed by atoms with Crippen molar-refractivity contribution in [1.29, 1.82) is 0 Å². The normalized spacial score (nSPS) is 10.7. The summed E-state index contributed by atoms with van der Waals surface area (Å²) < 4.78 is 0. The summed E-state index contributed by atoms with van der Waals surface area (Å²) in [5, 5.41) is 0. The zero-order chi connectivity index (χ0) is 11.4. The third-order valence-corrected chi connectivity index (χ3v) is 2.83. The van der Waals surface area contributed by atoms with Gasteiger partial charge in [-0.25, -0.2) is 0 Å². The van der Waals surface area contributed by atoms with Gasteiger partial charge in [-0.2, -0.15) is 0 Å².